The minimum absolute atomic E-state index is 0.0981. The summed E-state index contributed by atoms with van der Waals surface area (Å²) >= 11 is 11.5. The molecule has 0 bridgehead atoms. The molecule has 0 fully saturated rings. The highest BCUT2D eigenvalue weighted by molar-refractivity contribution is 6.29. The van der Waals surface area contributed by atoms with Crippen molar-refractivity contribution in [2.45, 2.75) is 6.54 Å². The van der Waals surface area contributed by atoms with Gasteiger partial charge in [0.1, 0.15) is 10.7 Å². The lowest BCUT2D eigenvalue weighted by atomic mass is 10.3. The molecule has 0 radical (unpaired) electrons. The number of halogens is 2. The molecule has 3 aromatic rings. The van der Waals surface area contributed by atoms with Crippen LogP contribution in [-0.2, 0) is 6.54 Å². The number of fused-ring (bicyclic) bond motifs is 1. The number of hydrogen-bond acceptors (Lipinski definition) is 5. The van der Waals surface area contributed by atoms with Crippen LogP contribution in [0, 0.1) is 0 Å². The third-order valence-corrected chi connectivity index (χ3v) is 3.00. The number of rotatable bonds is 2. The lowest BCUT2D eigenvalue weighted by molar-refractivity contribution is 0.809. The summed E-state index contributed by atoms with van der Waals surface area (Å²) in [4.78, 5) is 16.2. The number of imidazole rings is 1. The van der Waals surface area contributed by atoms with E-state index in [0.29, 0.717) is 22.9 Å². The van der Waals surface area contributed by atoms with E-state index in [0.717, 1.165) is 5.56 Å². The van der Waals surface area contributed by atoms with Crippen molar-refractivity contribution >= 4 is 40.2 Å². The van der Waals surface area contributed by atoms with Gasteiger partial charge in [0.05, 0.1) is 12.9 Å². The monoisotopic (exact) mass is 294 g/mol. The summed E-state index contributed by atoms with van der Waals surface area (Å²) in [5, 5.41) is 0.551. The van der Waals surface area contributed by atoms with E-state index in [1.54, 1.807) is 18.6 Å². The van der Waals surface area contributed by atoms with Gasteiger partial charge in [-0.3, -0.25) is 0 Å². The van der Waals surface area contributed by atoms with Crippen LogP contribution < -0.4 is 5.73 Å². The molecule has 19 heavy (non-hydrogen) atoms. The van der Waals surface area contributed by atoms with E-state index in [9.17, 15) is 0 Å². The fraction of sp³-hybridized carbons (Fsp3) is 0.0909. The zero-order chi connectivity index (χ0) is 13.4. The Morgan fingerprint density at radius 3 is 2.74 bits per heavy atom. The van der Waals surface area contributed by atoms with Crippen LogP contribution in [0.25, 0.3) is 11.2 Å². The van der Waals surface area contributed by atoms with Crippen molar-refractivity contribution in [2.75, 3.05) is 5.73 Å². The first kappa shape index (κ1) is 12.1. The van der Waals surface area contributed by atoms with Gasteiger partial charge in [-0.25, -0.2) is 9.97 Å². The second-order valence-electron chi connectivity index (χ2n) is 3.91. The maximum absolute atomic E-state index is 5.80. The molecule has 0 spiro atoms. The highest BCUT2D eigenvalue weighted by Gasteiger charge is 2.10. The molecule has 0 aromatic carbocycles. The molecule has 0 saturated heterocycles. The first-order valence-corrected chi connectivity index (χ1v) is 6.13. The van der Waals surface area contributed by atoms with Gasteiger partial charge in [-0.15, -0.1) is 0 Å². The SMILES string of the molecule is Nc1nc(Cl)nc2c1ncn2Cc1ccc(Cl)nc1. The van der Waals surface area contributed by atoms with Crippen LogP contribution in [0.15, 0.2) is 24.7 Å². The molecule has 3 heterocycles. The van der Waals surface area contributed by atoms with Crippen LogP contribution in [-0.4, -0.2) is 24.5 Å². The third kappa shape index (κ3) is 2.32. The predicted octanol–water partition coefficient (Wildman–Crippen LogP) is 2.16. The second-order valence-corrected chi connectivity index (χ2v) is 4.64. The molecule has 0 unspecified atom stereocenters. The lowest BCUT2D eigenvalue weighted by Crippen LogP contribution is -2.01. The van der Waals surface area contributed by atoms with Crippen molar-refractivity contribution < 1.29 is 0 Å². The van der Waals surface area contributed by atoms with E-state index in [-0.39, 0.29) is 11.1 Å². The fourth-order valence-corrected chi connectivity index (χ4v) is 2.03. The fourth-order valence-electron chi connectivity index (χ4n) is 1.75. The quantitative estimate of drug-likeness (QED) is 0.578. The highest BCUT2D eigenvalue weighted by atomic mass is 35.5. The molecule has 6 nitrogen and oxygen atoms in total. The van der Waals surface area contributed by atoms with Gasteiger partial charge >= 0.3 is 0 Å². The molecular weight excluding hydrogens is 287 g/mol. The van der Waals surface area contributed by atoms with Crippen molar-refractivity contribution in [3.8, 4) is 0 Å². The average Bonchev–Trinajstić information content (AvgIpc) is 2.76. The molecule has 0 amide bonds. The summed E-state index contributed by atoms with van der Waals surface area (Å²) in [5.41, 5.74) is 7.84. The smallest absolute Gasteiger partial charge is 0.226 e. The maximum Gasteiger partial charge on any atom is 0.226 e. The summed E-state index contributed by atoms with van der Waals surface area (Å²) in [6.45, 7) is 0.549. The van der Waals surface area contributed by atoms with Crippen LogP contribution in [0.1, 0.15) is 5.56 Å². The zero-order valence-corrected chi connectivity index (χ0v) is 11.1. The van der Waals surface area contributed by atoms with E-state index < -0.39 is 0 Å². The van der Waals surface area contributed by atoms with Gasteiger partial charge in [0.25, 0.3) is 0 Å². The number of nitrogens with zero attached hydrogens (tertiary/aromatic N) is 5. The Labute approximate surface area is 118 Å². The summed E-state index contributed by atoms with van der Waals surface area (Å²) in [6.07, 6.45) is 3.33. The Bertz CT molecular complexity index is 737. The average molecular weight is 295 g/mol. The lowest BCUT2D eigenvalue weighted by Gasteiger charge is -2.04. The standard InChI is InChI=1S/C11H8Cl2N6/c12-7-2-1-6(3-15-7)4-19-5-16-8-9(14)17-11(13)18-10(8)19/h1-3,5H,4H2,(H2,14,17,18). The van der Waals surface area contributed by atoms with Crippen LogP contribution in [0.2, 0.25) is 10.4 Å². The molecule has 3 rings (SSSR count). The number of anilines is 1. The normalized spacial score (nSPS) is 11.1. The summed E-state index contributed by atoms with van der Waals surface area (Å²) in [5.74, 6) is 0.267. The van der Waals surface area contributed by atoms with Crippen molar-refractivity contribution in [1.82, 2.24) is 24.5 Å². The first-order chi connectivity index (χ1) is 9.13. The van der Waals surface area contributed by atoms with E-state index in [2.05, 4.69) is 19.9 Å². The Balaban J connectivity index is 2.03. The van der Waals surface area contributed by atoms with Crippen molar-refractivity contribution in [3.63, 3.8) is 0 Å². The Morgan fingerprint density at radius 1 is 1.16 bits per heavy atom. The number of pyridine rings is 1. The number of aromatic nitrogens is 5. The van der Waals surface area contributed by atoms with Gasteiger partial charge in [-0.1, -0.05) is 17.7 Å². The van der Waals surface area contributed by atoms with Crippen LogP contribution in [0.3, 0.4) is 0 Å². The summed E-state index contributed by atoms with van der Waals surface area (Å²) in [7, 11) is 0. The van der Waals surface area contributed by atoms with Gasteiger partial charge in [0, 0.05) is 6.20 Å². The molecule has 2 N–H and O–H groups in total. The van der Waals surface area contributed by atoms with Gasteiger partial charge in [-0.2, -0.15) is 9.97 Å². The third-order valence-electron chi connectivity index (χ3n) is 2.61. The Morgan fingerprint density at radius 2 is 2.00 bits per heavy atom. The molecule has 0 saturated carbocycles. The summed E-state index contributed by atoms with van der Waals surface area (Å²) in [6, 6.07) is 3.61. The van der Waals surface area contributed by atoms with Gasteiger partial charge in [0.15, 0.2) is 11.5 Å². The van der Waals surface area contributed by atoms with Crippen molar-refractivity contribution in [3.05, 3.63) is 40.7 Å². The van der Waals surface area contributed by atoms with E-state index in [1.165, 1.54) is 0 Å². The van der Waals surface area contributed by atoms with Gasteiger partial charge in [-0.05, 0) is 23.2 Å². The molecule has 96 valence electrons. The number of hydrogen-bond donors (Lipinski definition) is 1. The van der Waals surface area contributed by atoms with E-state index in [1.807, 2.05) is 10.6 Å². The van der Waals surface area contributed by atoms with E-state index in [4.69, 9.17) is 28.9 Å². The number of nitrogens with two attached hydrogens (primary N) is 1. The molecule has 8 heteroatoms. The molecule has 0 aliphatic rings. The highest BCUT2D eigenvalue weighted by Crippen LogP contribution is 2.19. The molecular formula is C11H8Cl2N6. The Hall–Kier alpha value is -1.92. The van der Waals surface area contributed by atoms with Gasteiger partial charge < -0.3 is 10.3 Å². The summed E-state index contributed by atoms with van der Waals surface area (Å²) < 4.78 is 1.82. The largest absolute Gasteiger partial charge is 0.382 e. The van der Waals surface area contributed by atoms with Crippen LogP contribution >= 0.6 is 23.2 Å². The molecule has 0 atom stereocenters. The second kappa shape index (κ2) is 4.64. The number of nitrogen functional groups attached to an aromatic ring is 1. The zero-order valence-electron chi connectivity index (χ0n) is 9.59. The van der Waals surface area contributed by atoms with Crippen LogP contribution in [0.4, 0.5) is 5.82 Å². The Kier molecular flexibility index (Phi) is 2.96. The molecule has 0 aliphatic carbocycles. The minimum atomic E-state index is 0.0981. The van der Waals surface area contributed by atoms with Crippen molar-refractivity contribution in [2.24, 2.45) is 0 Å². The molecule has 0 aliphatic heterocycles. The van der Waals surface area contributed by atoms with Crippen LogP contribution in [0.5, 0.6) is 0 Å². The van der Waals surface area contributed by atoms with E-state index >= 15 is 0 Å². The van der Waals surface area contributed by atoms with Gasteiger partial charge in [0.2, 0.25) is 5.28 Å². The topological polar surface area (TPSA) is 82.5 Å². The molecule has 3 aromatic heterocycles. The predicted molar refractivity (Wildman–Crippen MR) is 73.1 cm³/mol. The maximum atomic E-state index is 5.80. The first-order valence-electron chi connectivity index (χ1n) is 5.38. The van der Waals surface area contributed by atoms with Crippen molar-refractivity contribution in [1.29, 1.82) is 0 Å². The minimum Gasteiger partial charge on any atom is -0.382 e.